The van der Waals surface area contributed by atoms with Gasteiger partial charge in [0, 0.05) is 17.8 Å². The van der Waals surface area contributed by atoms with Crippen molar-refractivity contribution in [3.8, 4) is 11.1 Å². The zero-order valence-corrected chi connectivity index (χ0v) is 19.1. The maximum Gasteiger partial charge on any atom is 0.308 e. The Morgan fingerprint density at radius 2 is 1.66 bits per heavy atom. The lowest BCUT2D eigenvalue weighted by Crippen LogP contribution is -2.32. The third kappa shape index (κ3) is 6.67. The van der Waals surface area contributed by atoms with Gasteiger partial charge in [-0.3, -0.25) is 9.78 Å². The van der Waals surface area contributed by atoms with Crippen molar-refractivity contribution in [2.75, 3.05) is 0 Å². The molecule has 0 bridgehead atoms. The van der Waals surface area contributed by atoms with Crippen molar-refractivity contribution in [1.82, 2.24) is 4.98 Å². The highest BCUT2D eigenvalue weighted by Crippen LogP contribution is 2.32. The second-order valence-corrected chi connectivity index (χ2v) is 6.87. The van der Waals surface area contributed by atoms with E-state index in [1.165, 1.54) is 22.3 Å². The van der Waals surface area contributed by atoms with Crippen LogP contribution >= 0.6 is 0 Å². The average molecular weight is 400 g/mol. The lowest BCUT2D eigenvalue weighted by molar-refractivity contribution is -0.160. The molecule has 2 unspecified atom stereocenters. The predicted molar refractivity (Wildman–Crippen MR) is 120 cm³/mol. The molecule has 2 atom stereocenters. The second kappa shape index (κ2) is 12.4. The van der Waals surface area contributed by atoms with Crippen LogP contribution in [0.2, 0.25) is 0 Å². The van der Waals surface area contributed by atoms with Crippen LogP contribution in [0.5, 0.6) is 0 Å². The first-order valence-corrected chi connectivity index (χ1v) is 10.9. The zero-order valence-electron chi connectivity index (χ0n) is 19.1. The Kier molecular flexibility index (Phi) is 10.6. The SMILES string of the molecule is CC.CC.Cc1nc(C)c(CCC2CC(O)CC(=O)O2)c(-c2ccccc2)c1C. The van der Waals surface area contributed by atoms with Gasteiger partial charge in [0.25, 0.3) is 0 Å². The van der Waals surface area contributed by atoms with Crippen LogP contribution in [0.3, 0.4) is 0 Å². The molecule has 0 saturated carbocycles. The van der Waals surface area contributed by atoms with Gasteiger partial charge in [-0.25, -0.2) is 0 Å². The van der Waals surface area contributed by atoms with Gasteiger partial charge in [0.2, 0.25) is 0 Å². The van der Waals surface area contributed by atoms with Gasteiger partial charge in [-0.15, -0.1) is 0 Å². The number of hydrogen-bond acceptors (Lipinski definition) is 4. The second-order valence-electron chi connectivity index (χ2n) is 6.87. The number of aromatic nitrogens is 1. The Morgan fingerprint density at radius 3 is 2.24 bits per heavy atom. The van der Waals surface area contributed by atoms with Crippen molar-refractivity contribution in [3.63, 3.8) is 0 Å². The molecule has 2 heterocycles. The first-order valence-electron chi connectivity index (χ1n) is 10.9. The number of hydrogen-bond donors (Lipinski definition) is 1. The van der Waals surface area contributed by atoms with Crippen molar-refractivity contribution < 1.29 is 14.6 Å². The van der Waals surface area contributed by atoms with Gasteiger partial charge < -0.3 is 9.84 Å². The van der Waals surface area contributed by atoms with E-state index in [0.29, 0.717) is 12.8 Å². The number of cyclic esters (lactones) is 1. The van der Waals surface area contributed by atoms with E-state index in [2.05, 4.69) is 19.1 Å². The van der Waals surface area contributed by atoms with E-state index in [4.69, 9.17) is 9.72 Å². The Morgan fingerprint density at radius 1 is 1.03 bits per heavy atom. The number of nitrogens with zero attached hydrogens (tertiary/aromatic N) is 1. The van der Waals surface area contributed by atoms with Gasteiger partial charge in [-0.05, 0) is 55.9 Å². The molecule has 160 valence electrons. The van der Waals surface area contributed by atoms with E-state index in [0.717, 1.165) is 17.8 Å². The third-order valence-electron chi connectivity index (χ3n) is 5.01. The number of benzene rings is 1. The highest BCUT2D eigenvalue weighted by atomic mass is 16.5. The van der Waals surface area contributed by atoms with Gasteiger partial charge in [-0.2, -0.15) is 0 Å². The van der Waals surface area contributed by atoms with Crippen LogP contribution in [-0.4, -0.2) is 28.3 Å². The number of carbonyl (C=O) groups is 1. The minimum absolute atomic E-state index is 0.107. The summed E-state index contributed by atoms with van der Waals surface area (Å²) in [6.45, 7) is 14.2. The van der Waals surface area contributed by atoms with Gasteiger partial charge in [0.15, 0.2) is 0 Å². The summed E-state index contributed by atoms with van der Waals surface area (Å²) in [5.74, 6) is -0.304. The molecule has 1 N–H and O–H groups in total. The Labute approximate surface area is 176 Å². The molecule has 2 aromatic rings. The van der Waals surface area contributed by atoms with Crippen molar-refractivity contribution in [1.29, 1.82) is 0 Å². The number of aliphatic hydroxyl groups excluding tert-OH is 1. The fraction of sp³-hybridized carbons (Fsp3) is 0.520. The first kappa shape index (κ1) is 24.8. The number of esters is 1. The highest BCUT2D eigenvalue weighted by Gasteiger charge is 2.27. The van der Waals surface area contributed by atoms with E-state index >= 15 is 0 Å². The Hall–Kier alpha value is -2.20. The molecule has 29 heavy (non-hydrogen) atoms. The maximum atomic E-state index is 11.6. The summed E-state index contributed by atoms with van der Waals surface area (Å²) < 4.78 is 5.40. The van der Waals surface area contributed by atoms with E-state index in [9.17, 15) is 9.90 Å². The average Bonchev–Trinajstić information content (AvgIpc) is 2.72. The molecule has 4 heteroatoms. The van der Waals surface area contributed by atoms with E-state index in [-0.39, 0.29) is 18.5 Å². The molecule has 1 aliphatic heterocycles. The van der Waals surface area contributed by atoms with Crippen molar-refractivity contribution in [2.24, 2.45) is 0 Å². The molecular formula is C25H37NO3. The van der Waals surface area contributed by atoms with Crippen LogP contribution in [0.1, 0.15) is 69.5 Å². The van der Waals surface area contributed by atoms with Crippen molar-refractivity contribution >= 4 is 5.97 Å². The van der Waals surface area contributed by atoms with Gasteiger partial charge in [-0.1, -0.05) is 58.0 Å². The molecule has 1 aliphatic rings. The van der Waals surface area contributed by atoms with Crippen molar-refractivity contribution in [3.05, 3.63) is 52.8 Å². The van der Waals surface area contributed by atoms with E-state index < -0.39 is 6.10 Å². The van der Waals surface area contributed by atoms with Gasteiger partial charge in [0.1, 0.15) is 6.10 Å². The highest BCUT2D eigenvalue weighted by molar-refractivity contribution is 5.72. The van der Waals surface area contributed by atoms with Crippen LogP contribution in [0.15, 0.2) is 30.3 Å². The largest absolute Gasteiger partial charge is 0.462 e. The van der Waals surface area contributed by atoms with Crippen LogP contribution in [0.4, 0.5) is 0 Å². The topological polar surface area (TPSA) is 59.4 Å². The number of ether oxygens (including phenoxy) is 1. The molecule has 0 radical (unpaired) electrons. The van der Waals surface area contributed by atoms with Crippen LogP contribution < -0.4 is 0 Å². The maximum absolute atomic E-state index is 11.6. The number of carbonyl (C=O) groups excluding carboxylic acids is 1. The minimum Gasteiger partial charge on any atom is -0.462 e. The minimum atomic E-state index is -0.584. The van der Waals surface area contributed by atoms with Crippen LogP contribution in [-0.2, 0) is 16.0 Å². The molecule has 4 nitrogen and oxygen atoms in total. The third-order valence-corrected chi connectivity index (χ3v) is 5.01. The predicted octanol–water partition coefficient (Wildman–Crippen LogP) is 5.73. The number of pyridine rings is 1. The number of rotatable bonds is 4. The summed E-state index contributed by atoms with van der Waals surface area (Å²) >= 11 is 0. The lowest BCUT2D eigenvalue weighted by Gasteiger charge is -2.26. The smallest absolute Gasteiger partial charge is 0.308 e. The summed E-state index contributed by atoms with van der Waals surface area (Å²) in [7, 11) is 0. The van der Waals surface area contributed by atoms with Crippen LogP contribution in [0.25, 0.3) is 11.1 Å². The van der Waals surface area contributed by atoms with E-state index in [1.807, 2.05) is 59.7 Å². The quantitative estimate of drug-likeness (QED) is 0.668. The Balaban J connectivity index is 0.000000989. The molecular weight excluding hydrogens is 362 g/mol. The summed E-state index contributed by atoms with van der Waals surface area (Å²) in [4.78, 5) is 16.3. The molecule has 1 aromatic carbocycles. The summed E-state index contributed by atoms with van der Waals surface area (Å²) in [5, 5.41) is 9.80. The van der Waals surface area contributed by atoms with Crippen molar-refractivity contribution in [2.45, 2.75) is 86.4 Å². The lowest BCUT2D eigenvalue weighted by atomic mass is 9.89. The molecule has 0 aliphatic carbocycles. The molecule has 0 spiro atoms. The first-order chi connectivity index (χ1) is 14.0. The molecule has 1 saturated heterocycles. The van der Waals surface area contributed by atoms with Gasteiger partial charge >= 0.3 is 5.97 Å². The molecule has 1 aromatic heterocycles. The summed E-state index contributed by atoms with van der Waals surface area (Å²) in [6.07, 6.45) is 1.29. The molecule has 3 rings (SSSR count). The van der Waals surface area contributed by atoms with Gasteiger partial charge in [0.05, 0.1) is 12.5 Å². The standard InChI is InChI=1S/C21H25NO3.2C2H6/c1-13-14(2)22-15(3)19(21(13)16-7-5-4-6-8-16)10-9-18-11-17(23)12-20(24)25-18;2*1-2/h4-8,17-18,23H,9-12H2,1-3H3;2*1-2H3. The number of aryl methyl sites for hydroxylation is 2. The Bertz CT molecular complexity index is 771. The van der Waals surface area contributed by atoms with E-state index in [1.54, 1.807) is 0 Å². The normalized spacial score (nSPS) is 18.0. The summed E-state index contributed by atoms with van der Waals surface area (Å²) in [6, 6.07) is 10.3. The zero-order chi connectivity index (χ0) is 22.0. The number of aliphatic hydroxyl groups is 1. The summed E-state index contributed by atoms with van der Waals surface area (Å²) in [5.41, 5.74) is 6.86. The monoisotopic (exact) mass is 399 g/mol. The fourth-order valence-electron chi connectivity index (χ4n) is 3.64. The fourth-order valence-corrected chi connectivity index (χ4v) is 3.64. The van der Waals surface area contributed by atoms with Crippen LogP contribution in [0, 0.1) is 20.8 Å². The molecule has 0 amide bonds. The molecule has 1 fully saturated rings.